The first kappa shape index (κ1) is 32.0. The van der Waals surface area contributed by atoms with E-state index in [1.165, 1.54) is 5.57 Å². The van der Waals surface area contributed by atoms with Crippen LogP contribution >= 0.6 is 0 Å². The number of hydrogen-bond acceptors (Lipinski definition) is 6. The Morgan fingerprint density at radius 1 is 1.15 bits per heavy atom. The average molecular weight is 558 g/mol. The van der Waals surface area contributed by atoms with Gasteiger partial charge in [0.05, 0.1) is 12.5 Å². The molecule has 3 rings (SSSR count). The quantitative estimate of drug-likeness (QED) is 0.0534. The molecule has 0 saturated heterocycles. The number of allylic oxidation sites excluding steroid dienone is 2. The number of nitrogens with zero attached hydrogens (tertiary/aromatic N) is 1. The van der Waals surface area contributed by atoms with Gasteiger partial charge in [0.15, 0.2) is 0 Å². The van der Waals surface area contributed by atoms with Gasteiger partial charge in [0.25, 0.3) is 5.09 Å². The Morgan fingerprint density at radius 2 is 1.82 bits per heavy atom. The average Bonchev–Trinajstić information content (AvgIpc) is 2.86. The summed E-state index contributed by atoms with van der Waals surface area (Å²) >= 11 is 0. The first-order valence-electron chi connectivity index (χ1n) is 15.4. The Balaban J connectivity index is 1.92. The van der Waals surface area contributed by atoms with E-state index in [0.29, 0.717) is 18.1 Å². The molecule has 0 radical (unpaired) electrons. The molecule has 0 N–H and O–H groups in total. The van der Waals surface area contributed by atoms with Crippen molar-refractivity contribution in [2.24, 2.45) is 11.8 Å². The molecule has 1 aromatic carbocycles. The third-order valence-electron chi connectivity index (χ3n) is 8.94. The van der Waals surface area contributed by atoms with Gasteiger partial charge in [-0.05, 0) is 82.4 Å². The van der Waals surface area contributed by atoms with Gasteiger partial charge >= 0.3 is 5.97 Å². The fourth-order valence-corrected chi connectivity index (χ4v) is 6.56. The van der Waals surface area contributed by atoms with E-state index in [1.807, 2.05) is 0 Å². The number of hydrogen-bond donors (Lipinski definition) is 0. The molecule has 1 aliphatic carbocycles. The number of benzene rings is 1. The molecular formula is C33H51NO6. The summed E-state index contributed by atoms with van der Waals surface area (Å²) < 4.78 is 13.1. The highest BCUT2D eigenvalue weighted by Crippen LogP contribution is 2.54. The second-order valence-corrected chi connectivity index (χ2v) is 13.1. The van der Waals surface area contributed by atoms with E-state index in [-0.39, 0.29) is 35.4 Å². The van der Waals surface area contributed by atoms with Crippen LogP contribution in [0.5, 0.6) is 11.5 Å². The zero-order chi connectivity index (χ0) is 29.5. The van der Waals surface area contributed by atoms with Crippen LogP contribution in [0.3, 0.4) is 0 Å². The van der Waals surface area contributed by atoms with Crippen molar-refractivity contribution in [2.75, 3.05) is 6.61 Å². The van der Waals surface area contributed by atoms with Crippen LogP contribution in [-0.2, 0) is 15.0 Å². The van der Waals surface area contributed by atoms with Gasteiger partial charge in [0, 0.05) is 17.4 Å². The molecule has 0 fully saturated rings. The fraction of sp³-hybridized carbons (Fsp3) is 0.727. The molecular weight excluding hydrogens is 506 g/mol. The summed E-state index contributed by atoms with van der Waals surface area (Å²) in [4.78, 5) is 28.3. The van der Waals surface area contributed by atoms with E-state index >= 15 is 0 Å². The van der Waals surface area contributed by atoms with Gasteiger partial charge in [-0.15, -0.1) is 10.1 Å². The Morgan fingerprint density at radius 3 is 2.48 bits per heavy atom. The van der Waals surface area contributed by atoms with Crippen LogP contribution in [-0.4, -0.2) is 23.3 Å². The Labute approximate surface area is 241 Å². The van der Waals surface area contributed by atoms with Crippen molar-refractivity contribution in [3.8, 4) is 11.5 Å². The Kier molecular flexibility index (Phi) is 11.1. The lowest BCUT2D eigenvalue weighted by molar-refractivity contribution is -0.757. The van der Waals surface area contributed by atoms with Crippen molar-refractivity contribution in [2.45, 2.75) is 136 Å². The summed E-state index contributed by atoms with van der Waals surface area (Å²) in [5.74, 6) is 1.75. The van der Waals surface area contributed by atoms with Gasteiger partial charge in [0.1, 0.15) is 17.1 Å². The highest BCUT2D eigenvalue weighted by atomic mass is 16.9. The van der Waals surface area contributed by atoms with Crippen molar-refractivity contribution in [3.63, 3.8) is 0 Å². The fourth-order valence-electron chi connectivity index (χ4n) is 6.56. The monoisotopic (exact) mass is 557 g/mol. The molecule has 0 unspecified atom stereocenters. The number of ether oxygens (including phenoxy) is 2. The van der Waals surface area contributed by atoms with E-state index in [0.717, 1.165) is 81.1 Å². The van der Waals surface area contributed by atoms with Crippen molar-refractivity contribution in [3.05, 3.63) is 45.0 Å². The molecule has 224 valence electrons. The minimum Gasteiger partial charge on any atom is -0.487 e. The van der Waals surface area contributed by atoms with E-state index in [4.69, 9.17) is 9.47 Å². The molecule has 2 atom stereocenters. The van der Waals surface area contributed by atoms with Crippen LogP contribution in [0.15, 0.2) is 23.8 Å². The summed E-state index contributed by atoms with van der Waals surface area (Å²) in [5, 5.41) is 9.62. The maximum Gasteiger partial charge on any atom is 0.314 e. The summed E-state index contributed by atoms with van der Waals surface area (Å²) in [6.07, 6.45) is 12.5. The van der Waals surface area contributed by atoms with Gasteiger partial charge in [-0.1, -0.05) is 71.4 Å². The van der Waals surface area contributed by atoms with Crippen LogP contribution in [0, 0.1) is 22.0 Å². The standard InChI is InChI=1S/C33H51NO6/c1-8-14-24(15-9-2)31(35)39-28-21-25(32(4,5)18-12-10-11-13-19-38-34(36)37)22-29-30(28)26-20-23(3)16-17-27(26)33(6,7)40-29/h20-22,24,26-27H,8-19H2,1-7H3/t26-,27-/m1/s1. The highest BCUT2D eigenvalue weighted by molar-refractivity contribution is 5.76. The molecule has 7 heteroatoms. The SMILES string of the molecule is CCCC(CCC)C(=O)Oc1cc(C(C)(C)CCCCCCO[N+](=O)[O-])cc2c1[C@@H]1C=C(C)CC[C@H]1C(C)(C)O2. The first-order valence-corrected chi connectivity index (χ1v) is 15.4. The lowest BCUT2D eigenvalue weighted by Gasteiger charge is -2.47. The van der Waals surface area contributed by atoms with Crippen molar-refractivity contribution >= 4 is 5.97 Å². The van der Waals surface area contributed by atoms with Gasteiger partial charge in [-0.3, -0.25) is 4.79 Å². The predicted molar refractivity (Wildman–Crippen MR) is 158 cm³/mol. The topological polar surface area (TPSA) is 87.9 Å². The molecule has 7 nitrogen and oxygen atoms in total. The van der Waals surface area contributed by atoms with Gasteiger partial charge in [-0.25, -0.2) is 0 Å². The molecule has 1 aliphatic heterocycles. The third-order valence-corrected chi connectivity index (χ3v) is 8.94. The molecule has 0 aromatic heterocycles. The second kappa shape index (κ2) is 13.9. The summed E-state index contributed by atoms with van der Waals surface area (Å²) in [6.45, 7) is 15.4. The van der Waals surface area contributed by atoms with Crippen molar-refractivity contribution < 1.29 is 24.2 Å². The summed E-state index contributed by atoms with van der Waals surface area (Å²) in [5.41, 5.74) is 3.03. The predicted octanol–water partition coefficient (Wildman–Crippen LogP) is 8.86. The highest BCUT2D eigenvalue weighted by Gasteiger charge is 2.46. The molecule has 0 bridgehead atoms. The first-order chi connectivity index (χ1) is 18.9. The van der Waals surface area contributed by atoms with Crippen LogP contribution < -0.4 is 9.47 Å². The summed E-state index contributed by atoms with van der Waals surface area (Å²) in [7, 11) is 0. The number of fused-ring (bicyclic) bond motifs is 3. The maximum atomic E-state index is 13.5. The Hall–Kier alpha value is -2.57. The summed E-state index contributed by atoms with van der Waals surface area (Å²) in [6, 6.07) is 4.29. The molecule has 0 saturated carbocycles. The number of unbranched alkanes of at least 4 members (excludes halogenated alkanes) is 3. The molecule has 40 heavy (non-hydrogen) atoms. The molecule has 1 aromatic rings. The number of carbonyl (C=O) groups is 1. The molecule has 0 spiro atoms. The van der Waals surface area contributed by atoms with E-state index in [9.17, 15) is 14.9 Å². The van der Waals surface area contributed by atoms with E-state index < -0.39 is 5.09 Å². The van der Waals surface area contributed by atoms with E-state index in [1.54, 1.807) is 0 Å². The lowest BCUT2D eigenvalue weighted by Crippen LogP contribution is -2.45. The normalized spacial score (nSPS) is 19.8. The minimum absolute atomic E-state index is 0.0954. The van der Waals surface area contributed by atoms with Crippen LogP contribution in [0.2, 0.25) is 0 Å². The van der Waals surface area contributed by atoms with Crippen LogP contribution in [0.1, 0.15) is 136 Å². The van der Waals surface area contributed by atoms with Crippen molar-refractivity contribution in [1.29, 1.82) is 0 Å². The van der Waals surface area contributed by atoms with Crippen LogP contribution in [0.25, 0.3) is 0 Å². The number of esters is 1. The third kappa shape index (κ3) is 8.01. The zero-order valence-corrected chi connectivity index (χ0v) is 25.8. The van der Waals surface area contributed by atoms with Gasteiger partial charge < -0.3 is 14.3 Å². The van der Waals surface area contributed by atoms with E-state index in [2.05, 4.69) is 71.5 Å². The molecule has 2 aliphatic rings. The largest absolute Gasteiger partial charge is 0.487 e. The van der Waals surface area contributed by atoms with Crippen molar-refractivity contribution in [1.82, 2.24) is 0 Å². The number of carbonyl (C=O) groups excluding carboxylic acids is 1. The van der Waals surface area contributed by atoms with Gasteiger partial charge in [-0.2, -0.15) is 0 Å². The minimum atomic E-state index is -0.730. The lowest BCUT2D eigenvalue weighted by atomic mass is 9.67. The smallest absolute Gasteiger partial charge is 0.314 e. The maximum absolute atomic E-state index is 13.5. The second-order valence-electron chi connectivity index (χ2n) is 13.1. The Bertz CT molecular complexity index is 1050. The molecule has 1 heterocycles. The zero-order valence-electron chi connectivity index (χ0n) is 25.8. The van der Waals surface area contributed by atoms with Gasteiger partial charge in [0.2, 0.25) is 0 Å². The van der Waals surface area contributed by atoms with Crippen LogP contribution in [0.4, 0.5) is 0 Å². The molecule has 0 amide bonds. The number of rotatable bonds is 15.